The number of hydrogen-bond donors (Lipinski definition) is 2. The lowest BCUT2D eigenvalue weighted by molar-refractivity contribution is 0.0602. The van der Waals surface area contributed by atoms with E-state index in [4.69, 9.17) is 4.74 Å². The number of methoxy groups -OCH3 is 1. The highest BCUT2D eigenvalue weighted by Gasteiger charge is 2.16. The number of nitrogens with one attached hydrogen (secondary N) is 2. The number of aromatic nitrogens is 2. The number of ether oxygens (including phenoxy) is 1. The van der Waals surface area contributed by atoms with Crippen LogP contribution >= 0.6 is 0 Å². The molecule has 2 N–H and O–H groups in total. The van der Waals surface area contributed by atoms with Crippen LogP contribution in [0.3, 0.4) is 0 Å². The summed E-state index contributed by atoms with van der Waals surface area (Å²) in [6.07, 6.45) is 0. The summed E-state index contributed by atoms with van der Waals surface area (Å²) in [5.74, 6) is -0.660. The first-order valence-electron chi connectivity index (χ1n) is 8.65. The van der Waals surface area contributed by atoms with Gasteiger partial charge < -0.3 is 15.4 Å². The van der Waals surface area contributed by atoms with Crippen molar-refractivity contribution in [2.75, 3.05) is 17.7 Å². The van der Waals surface area contributed by atoms with Crippen LogP contribution in [0.4, 0.5) is 17.3 Å². The molecule has 7 nitrogen and oxygen atoms in total. The summed E-state index contributed by atoms with van der Waals surface area (Å²) in [5.41, 5.74) is 3.33. The molecule has 1 amide bonds. The molecule has 0 aliphatic carbocycles. The van der Waals surface area contributed by atoms with Gasteiger partial charge >= 0.3 is 5.97 Å². The van der Waals surface area contributed by atoms with Gasteiger partial charge in [0.15, 0.2) is 0 Å². The number of para-hydroxylation sites is 2. The lowest BCUT2D eigenvalue weighted by Crippen LogP contribution is -2.18. The minimum Gasteiger partial charge on any atom is -0.465 e. The molecule has 2 aromatic carbocycles. The Hall–Kier alpha value is -3.74. The summed E-state index contributed by atoms with van der Waals surface area (Å²) in [4.78, 5) is 33.3. The van der Waals surface area contributed by atoms with Crippen LogP contribution in [0.25, 0.3) is 0 Å². The molecule has 0 radical (unpaired) electrons. The smallest absolute Gasteiger partial charge is 0.339 e. The largest absolute Gasteiger partial charge is 0.465 e. The average Bonchev–Trinajstić information content (AvgIpc) is 2.69. The van der Waals surface area contributed by atoms with E-state index in [1.54, 1.807) is 37.3 Å². The molecular weight excluding hydrogens is 356 g/mol. The van der Waals surface area contributed by atoms with Crippen LogP contribution < -0.4 is 10.6 Å². The third-order valence-electron chi connectivity index (χ3n) is 4.06. The number of anilines is 3. The first kappa shape index (κ1) is 19.0. The van der Waals surface area contributed by atoms with Crippen molar-refractivity contribution in [1.82, 2.24) is 9.97 Å². The maximum atomic E-state index is 12.7. The van der Waals surface area contributed by atoms with Gasteiger partial charge in [0, 0.05) is 11.4 Å². The number of nitrogens with zero attached hydrogens (tertiary/aromatic N) is 2. The summed E-state index contributed by atoms with van der Waals surface area (Å²) in [6, 6.07) is 15.9. The number of benzene rings is 2. The molecule has 0 aliphatic heterocycles. The van der Waals surface area contributed by atoms with E-state index in [0.717, 1.165) is 11.3 Å². The Bertz CT molecular complexity index is 1030. The third kappa shape index (κ3) is 4.32. The Kier molecular flexibility index (Phi) is 5.64. The van der Waals surface area contributed by atoms with E-state index < -0.39 is 11.9 Å². The lowest BCUT2D eigenvalue weighted by atomic mass is 10.1. The molecule has 1 heterocycles. The van der Waals surface area contributed by atoms with E-state index in [1.165, 1.54) is 7.11 Å². The Balaban J connectivity index is 1.86. The fourth-order valence-corrected chi connectivity index (χ4v) is 2.64. The summed E-state index contributed by atoms with van der Waals surface area (Å²) >= 11 is 0. The molecule has 7 heteroatoms. The van der Waals surface area contributed by atoms with E-state index in [2.05, 4.69) is 20.6 Å². The number of rotatable bonds is 5. The van der Waals surface area contributed by atoms with Crippen LogP contribution in [0.2, 0.25) is 0 Å². The standard InChI is InChI=1S/C21H20N4O3/c1-13-8-4-6-10-16(13)24-21-22-14(2)12-18(25-21)19(26)23-17-11-7-5-9-15(17)20(27)28-3/h4-12H,1-3H3,(H,23,26)(H,22,24,25). The highest BCUT2D eigenvalue weighted by molar-refractivity contribution is 6.07. The highest BCUT2D eigenvalue weighted by atomic mass is 16.5. The Morgan fingerprint density at radius 3 is 2.32 bits per heavy atom. The van der Waals surface area contributed by atoms with Crippen LogP contribution in [0.1, 0.15) is 32.1 Å². The number of carbonyl (C=O) groups excluding carboxylic acids is 2. The number of esters is 1. The fraction of sp³-hybridized carbons (Fsp3) is 0.143. The lowest BCUT2D eigenvalue weighted by Gasteiger charge is -2.12. The zero-order valence-electron chi connectivity index (χ0n) is 15.8. The van der Waals surface area contributed by atoms with Gasteiger partial charge in [-0.3, -0.25) is 4.79 Å². The number of aryl methyl sites for hydroxylation is 2. The molecule has 142 valence electrons. The SMILES string of the molecule is COC(=O)c1ccccc1NC(=O)c1cc(C)nc(Nc2ccccc2C)n1. The molecule has 3 rings (SSSR count). The third-order valence-corrected chi connectivity index (χ3v) is 4.06. The molecule has 1 aromatic heterocycles. The van der Waals surface area contributed by atoms with E-state index in [9.17, 15) is 9.59 Å². The first-order valence-corrected chi connectivity index (χ1v) is 8.65. The molecule has 28 heavy (non-hydrogen) atoms. The topological polar surface area (TPSA) is 93.2 Å². The maximum absolute atomic E-state index is 12.7. The summed E-state index contributed by atoms with van der Waals surface area (Å²) < 4.78 is 4.75. The van der Waals surface area contributed by atoms with Gasteiger partial charge in [-0.05, 0) is 43.7 Å². The first-order chi connectivity index (χ1) is 13.5. The van der Waals surface area contributed by atoms with Crippen molar-refractivity contribution in [3.05, 3.63) is 77.1 Å². The number of carbonyl (C=O) groups is 2. The second-order valence-electron chi connectivity index (χ2n) is 6.15. The number of hydrogen-bond acceptors (Lipinski definition) is 6. The van der Waals surface area contributed by atoms with Gasteiger partial charge in [-0.1, -0.05) is 30.3 Å². The molecule has 0 saturated carbocycles. The van der Waals surface area contributed by atoms with Gasteiger partial charge in [-0.25, -0.2) is 14.8 Å². The van der Waals surface area contributed by atoms with Crippen LogP contribution in [0.15, 0.2) is 54.6 Å². The van der Waals surface area contributed by atoms with Crippen molar-refractivity contribution in [2.24, 2.45) is 0 Å². The van der Waals surface area contributed by atoms with Crippen LogP contribution in [-0.2, 0) is 4.74 Å². The van der Waals surface area contributed by atoms with E-state index >= 15 is 0 Å². The minimum atomic E-state index is -0.531. The Labute approximate surface area is 162 Å². The average molecular weight is 376 g/mol. The predicted molar refractivity (Wildman–Crippen MR) is 107 cm³/mol. The zero-order valence-corrected chi connectivity index (χ0v) is 15.8. The number of amides is 1. The van der Waals surface area contributed by atoms with E-state index in [1.807, 2.05) is 31.2 Å². The predicted octanol–water partition coefficient (Wildman–Crippen LogP) is 3.88. The fourth-order valence-electron chi connectivity index (χ4n) is 2.64. The van der Waals surface area contributed by atoms with Gasteiger partial charge in [0.05, 0.1) is 18.4 Å². The molecule has 0 bridgehead atoms. The minimum absolute atomic E-state index is 0.184. The molecule has 0 saturated heterocycles. The monoisotopic (exact) mass is 376 g/mol. The zero-order chi connectivity index (χ0) is 20.1. The van der Waals surface area contributed by atoms with E-state index in [-0.39, 0.29) is 11.3 Å². The summed E-state index contributed by atoms with van der Waals surface area (Å²) in [7, 11) is 1.29. The van der Waals surface area contributed by atoms with Crippen LogP contribution in [0, 0.1) is 13.8 Å². The van der Waals surface area contributed by atoms with Gasteiger partial charge in [0.1, 0.15) is 5.69 Å². The molecule has 0 atom stereocenters. The van der Waals surface area contributed by atoms with Gasteiger partial charge in [-0.15, -0.1) is 0 Å². The highest BCUT2D eigenvalue weighted by Crippen LogP contribution is 2.20. The second-order valence-corrected chi connectivity index (χ2v) is 6.15. The van der Waals surface area contributed by atoms with Gasteiger partial charge in [0.2, 0.25) is 5.95 Å². The quantitative estimate of drug-likeness (QED) is 0.657. The summed E-state index contributed by atoms with van der Waals surface area (Å²) in [6.45, 7) is 3.75. The molecule has 0 unspecified atom stereocenters. The van der Waals surface area contributed by atoms with Crippen LogP contribution in [0.5, 0.6) is 0 Å². The second kappa shape index (κ2) is 8.30. The molecule has 3 aromatic rings. The van der Waals surface area contributed by atoms with Crippen molar-refractivity contribution in [1.29, 1.82) is 0 Å². The Morgan fingerprint density at radius 2 is 1.61 bits per heavy atom. The van der Waals surface area contributed by atoms with Gasteiger partial charge in [0.25, 0.3) is 5.91 Å². The summed E-state index contributed by atoms with van der Waals surface area (Å²) in [5, 5.41) is 5.85. The maximum Gasteiger partial charge on any atom is 0.339 e. The Morgan fingerprint density at radius 1 is 0.929 bits per heavy atom. The molecule has 0 fully saturated rings. The van der Waals surface area contributed by atoms with Crippen molar-refractivity contribution in [3.8, 4) is 0 Å². The van der Waals surface area contributed by atoms with Crippen molar-refractivity contribution < 1.29 is 14.3 Å². The molecular formula is C21H20N4O3. The molecule has 0 aliphatic rings. The van der Waals surface area contributed by atoms with Crippen molar-refractivity contribution in [2.45, 2.75) is 13.8 Å². The normalized spacial score (nSPS) is 10.2. The van der Waals surface area contributed by atoms with E-state index in [0.29, 0.717) is 17.3 Å². The molecule has 0 spiro atoms. The van der Waals surface area contributed by atoms with Crippen molar-refractivity contribution in [3.63, 3.8) is 0 Å². The van der Waals surface area contributed by atoms with Gasteiger partial charge in [-0.2, -0.15) is 0 Å². The van der Waals surface area contributed by atoms with Crippen molar-refractivity contribution >= 4 is 29.2 Å². The van der Waals surface area contributed by atoms with Crippen LogP contribution in [-0.4, -0.2) is 29.0 Å².